The molecule has 3 N–H and O–H groups in total. The number of H-pyrrole nitrogens is 1. The summed E-state index contributed by atoms with van der Waals surface area (Å²) < 4.78 is 0. The molecule has 0 saturated carbocycles. The molecule has 90 valence electrons. The molecule has 17 heavy (non-hydrogen) atoms. The molecule has 1 atom stereocenters. The minimum absolute atomic E-state index is 0.220. The van der Waals surface area contributed by atoms with E-state index in [9.17, 15) is 9.90 Å². The van der Waals surface area contributed by atoms with E-state index >= 15 is 0 Å². The summed E-state index contributed by atoms with van der Waals surface area (Å²) in [6.45, 7) is 2.12. The lowest BCUT2D eigenvalue weighted by molar-refractivity contribution is 0.0914. The maximum Gasteiger partial charge on any atom is 0.251 e. The molecular weight excluding hydrogens is 220 g/mol. The first-order chi connectivity index (χ1) is 8.20. The number of nitrogens with one attached hydrogen (secondary N) is 2. The number of nitrogens with zero attached hydrogens (tertiary/aromatic N) is 2. The minimum Gasteiger partial charge on any atom is -0.391 e. The van der Waals surface area contributed by atoms with Crippen molar-refractivity contribution in [2.45, 2.75) is 19.4 Å². The van der Waals surface area contributed by atoms with E-state index in [1.165, 1.54) is 0 Å². The van der Waals surface area contributed by atoms with E-state index in [0.717, 1.165) is 5.52 Å². The molecule has 6 nitrogen and oxygen atoms in total. The molecule has 0 radical (unpaired) electrons. The summed E-state index contributed by atoms with van der Waals surface area (Å²) >= 11 is 0. The molecular formula is C11H14N4O2. The van der Waals surface area contributed by atoms with Crippen LogP contribution in [0.3, 0.4) is 0 Å². The first-order valence-corrected chi connectivity index (χ1v) is 5.47. The Morgan fingerprint density at radius 2 is 2.24 bits per heavy atom. The van der Waals surface area contributed by atoms with Crippen molar-refractivity contribution in [2.24, 2.45) is 0 Å². The molecule has 0 saturated heterocycles. The van der Waals surface area contributed by atoms with Crippen LogP contribution in [0.5, 0.6) is 0 Å². The molecule has 0 spiro atoms. The Kier molecular flexibility index (Phi) is 3.34. The number of carbonyl (C=O) groups excluding carboxylic acids is 1. The minimum atomic E-state index is -0.505. The Balaban J connectivity index is 2.08. The van der Waals surface area contributed by atoms with Crippen LogP contribution in [0.15, 0.2) is 18.2 Å². The second kappa shape index (κ2) is 4.92. The van der Waals surface area contributed by atoms with Gasteiger partial charge in [0.25, 0.3) is 5.91 Å². The van der Waals surface area contributed by atoms with Crippen LogP contribution in [0.1, 0.15) is 23.7 Å². The van der Waals surface area contributed by atoms with Gasteiger partial charge in [0.15, 0.2) is 0 Å². The standard InChI is InChI=1S/C11H14N4O2/c1-2-8(16)6-12-11(17)7-3-4-9-10(5-7)14-15-13-9/h3-5,8,16H,2,6H2,1H3,(H,12,17)(H,13,14,15). The highest BCUT2D eigenvalue weighted by molar-refractivity contribution is 5.97. The third-order valence-corrected chi connectivity index (χ3v) is 2.55. The van der Waals surface area contributed by atoms with Crippen molar-refractivity contribution in [3.8, 4) is 0 Å². The number of aromatic amines is 1. The van der Waals surface area contributed by atoms with Crippen molar-refractivity contribution in [2.75, 3.05) is 6.54 Å². The number of carbonyl (C=O) groups is 1. The van der Waals surface area contributed by atoms with E-state index in [4.69, 9.17) is 0 Å². The molecule has 0 fully saturated rings. The van der Waals surface area contributed by atoms with Gasteiger partial charge in [-0.3, -0.25) is 4.79 Å². The fourth-order valence-electron chi connectivity index (χ4n) is 1.44. The number of hydrogen-bond acceptors (Lipinski definition) is 4. The van der Waals surface area contributed by atoms with Crippen LogP contribution in [0, 0.1) is 0 Å². The van der Waals surface area contributed by atoms with Crippen molar-refractivity contribution < 1.29 is 9.90 Å². The summed E-state index contributed by atoms with van der Waals surface area (Å²) in [5, 5.41) is 22.3. The quantitative estimate of drug-likeness (QED) is 0.716. The number of amides is 1. The second-order valence-electron chi connectivity index (χ2n) is 3.80. The van der Waals surface area contributed by atoms with E-state index in [-0.39, 0.29) is 12.5 Å². The number of hydrogen-bond donors (Lipinski definition) is 3. The zero-order valence-corrected chi connectivity index (χ0v) is 9.47. The van der Waals surface area contributed by atoms with Crippen LogP contribution in [0.4, 0.5) is 0 Å². The van der Waals surface area contributed by atoms with Gasteiger partial charge < -0.3 is 10.4 Å². The summed E-state index contributed by atoms with van der Waals surface area (Å²) in [6.07, 6.45) is 0.109. The third kappa shape index (κ3) is 2.59. The van der Waals surface area contributed by atoms with Gasteiger partial charge in [-0.05, 0) is 24.6 Å². The van der Waals surface area contributed by atoms with Gasteiger partial charge >= 0.3 is 0 Å². The van der Waals surface area contributed by atoms with Gasteiger partial charge in [-0.1, -0.05) is 6.92 Å². The average molecular weight is 234 g/mol. The second-order valence-corrected chi connectivity index (χ2v) is 3.80. The topological polar surface area (TPSA) is 90.9 Å². The van der Waals surface area contributed by atoms with Gasteiger partial charge in [-0.25, -0.2) is 0 Å². The highest BCUT2D eigenvalue weighted by atomic mass is 16.3. The lowest BCUT2D eigenvalue weighted by Crippen LogP contribution is -2.31. The van der Waals surface area contributed by atoms with Gasteiger partial charge in [-0.15, -0.1) is 0 Å². The molecule has 6 heteroatoms. The van der Waals surface area contributed by atoms with Crippen molar-refractivity contribution in [1.82, 2.24) is 20.7 Å². The zero-order valence-electron chi connectivity index (χ0n) is 9.47. The monoisotopic (exact) mass is 234 g/mol. The number of benzene rings is 1. The predicted molar refractivity (Wildman–Crippen MR) is 62.5 cm³/mol. The molecule has 1 aromatic heterocycles. The van der Waals surface area contributed by atoms with E-state index in [1.807, 2.05) is 6.92 Å². The molecule has 0 aliphatic carbocycles. The maximum atomic E-state index is 11.8. The van der Waals surface area contributed by atoms with Crippen molar-refractivity contribution in [3.63, 3.8) is 0 Å². The van der Waals surface area contributed by atoms with Gasteiger partial charge in [0.1, 0.15) is 11.0 Å². The highest BCUT2D eigenvalue weighted by Crippen LogP contribution is 2.10. The molecule has 0 aliphatic rings. The van der Waals surface area contributed by atoms with Gasteiger partial charge in [-0.2, -0.15) is 15.4 Å². The Morgan fingerprint density at radius 3 is 3.00 bits per heavy atom. The number of aliphatic hydroxyl groups is 1. The van der Waals surface area contributed by atoms with Crippen LogP contribution >= 0.6 is 0 Å². The molecule has 1 amide bonds. The molecule has 0 aliphatic heterocycles. The van der Waals surface area contributed by atoms with Crippen LogP contribution < -0.4 is 5.32 Å². The smallest absolute Gasteiger partial charge is 0.251 e. The average Bonchev–Trinajstić information content (AvgIpc) is 2.82. The Morgan fingerprint density at radius 1 is 1.47 bits per heavy atom. The number of aliphatic hydroxyl groups excluding tert-OH is 1. The van der Waals surface area contributed by atoms with Crippen LogP contribution in [0.25, 0.3) is 11.0 Å². The molecule has 1 aromatic carbocycles. The van der Waals surface area contributed by atoms with E-state index in [0.29, 0.717) is 17.5 Å². The lowest BCUT2D eigenvalue weighted by Gasteiger charge is -2.09. The SMILES string of the molecule is CCC(O)CNC(=O)c1ccc2n[nH]nc2c1. The van der Waals surface area contributed by atoms with Crippen LogP contribution in [-0.2, 0) is 0 Å². The molecule has 2 rings (SSSR count). The fraction of sp³-hybridized carbons (Fsp3) is 0.364. The molecule has 2 aromatic rings. The van der Waals surface area contributed by atoms with Gasteiger partial charge in [0.05, 0.1) is 6.10 Å². The largest absolute Gasteiger partial charge is 0.391 e. The van der Waals surface area contributed by atoms with Crippen molar-refractivity contribution in [3.05, 3.63) is 23.8 Å². The Hall–Kier alpha value is -1.95. The number of aromatic nitrogens is 3. The van der Waals surface area contributed by atoms with Crippen molar-refractivity contribution in [1.29, 1.82) is 0 Å². The zero-order chi connectivity index (χ0) is 12.3. The van der Waals surface area contributed by atoms with Crippen molar-refractivity contribution >= 4 is 16.9 Å². The summed E-state index contributed by atoms with van der Waals surface area (Å²) in [6, 6.07) is 5.06. The van der Waals surface area contributed by atoms with Gasteiger partial charge in [0.2, 0.25) is 0 Å². The van der Waals surface area contributed by atoms with E-state index in [1.54, 1.807) is 18.2 Å². The fourth-order valence-corrected chi connectivity index (χ4v) is 1.44. The Bertz CT molecular complexity index is 523. The first-order valence-electron chi connectivity index (χ1n) is 5.47. The molecule has 1 unspecified atom stereocenters. The third-order valence-electron chi connectivity index (χ3n) is 2.55. The van der Waals surface area contributed by atoms with E-state index in [2.05, 4.69) is 20.7 Å². The first kappa shape index (κ1) is 11.5. The number of fused-ring (bicyclic) bond motifs is 1. The lowest BCUT2D eigenvalue weighted by atomic mass is 10.2. The summed E-state index contributed by atoms with van der Waals surface area (Å²) in [4.78, 5) is 11.8. The molecule has 1 heterocycles. The van der Waals surface area contributed by atoms with Crippen LogP contribution in [-0.4, -0.2) is 39.1 Å². The van der Waals surface area contributed by atoms with E-state index < -0.39 is 6.10 Å². The van der Waals surface area contributed by atoms with Crippen LogP contribution in [0.2, 0.25) is 0 Å². The highest BCUT2D eigenvalue weighted by Gasteiger charge is 2.09. The Labute approximate surface area is 98.0 Å². The molecule has 0 bridgehead atoms. The number of rotatable bonds is 4. The van der Waals surface area contributed by atoms with Gasteiger partial charge in [0, 0.05) is 12.1 Å². The summed E-state index contributed by atoms with van der Waals surface area (Å²) in [7, 11) is 0. The predicted octanol–water partition coefficient (Wildman–Crippen LogP) is 0.459. The summed E-state index contributed by atoms with van der Waals surface area (Å²) in [5.74, 6) is -0.220. The maximum absolute atomic E-state index is 11.8. The summed E-state index contributed by atoms with van der Waals surface area (Å²) in [5.41, 5.74) is 1.87. The normalized spacial score (nSPS) is 12.6.